The molecule has 2 saturated carbocycles. The van der Waals surface area contributed by atoms with Crippen LogP contribution < -0.4 is 9.46 Å². The molecule has 1 N–H and O–H groups in total. The maximum atomic E-state index is 14.6. The highest BCUT2D eigenvalue weighted by Crippen LogP contribution is 2.48. The Morgan fingerprint density at radius 2 is 1.80 bits per heavy atom. The second-order valence-corrected chi connectivity index (χ2v) is 17.9. The lowest BCUT2D eigenvalue weighted by molar-refractivity contribution is -0.0531. The van der Waals surface area contributed by atoms with Gasteiger partial charge in [-0.1, -0.05) is 25.3 Å². The number of sulfonamides is 1. The number of morpholine rings is 1. The van der Waals surface area contributed by atoms with E-state index in [4.69, 9.17) is 19.3 Å². The number of rotatable bonds is 10. The number of nitrogens with one attached hydrogen (secondary N) is 1. The molecule has 13 heteroatoms. The van der Waals surface area contributed by atoms with Crippen molar-refractivity contribution in [3.8, 4) is 17.0 Å². The Balaban J connectivity index is 1.33. The summed E-state index contributed by atoms with van der Waals surface area (Å²) in [7, 11) is -0.541. The first kappa shape index (κ1) is 37.5. The second-order valence-electron chi connectivity index (χ2n) is 15.7. The van der Waals surface area contributed by atoms with Crippen LogP contribution in [0.1, 0.15) is 115 Å². The first-order valence-electron chi connectivity index (χ1n) is 19.7. The number of aromatic nitrogens is 3. The van der Waals surface area contributed by atoms with Gasteiger partial charge in [0.15, 0.2) is 0 Å². The fraction of sp³-hybridized carbons (Fsp3) is 0.500. The van der Waals surface area contributed by atoms with Crippen molar-refractivity contribution in [3.63, 3.8) is 0 Å². The average molecular weight is 770 g/mol. The standard InChI is InChI=1S/C42H51N5O7S/c1-26(2)55(50,51)44-41(48)28-13-15-35-37(21-28)46-23-30(19-29-20-32(53-4)14-16-34(29)40(46)38(35)27-9-6-5-7-10-27)39-36(22-43-47(39)31-11-8-12-31)42(49)45-17-18-54-33(24-45)25-52-3/h13-16,19-22,26-27,31,33H,5-12,17-18,23-25H2,1-4H3,(H,44,48). The van der Waals surface area contributed by atoms with Gasteiger partial charge in [-0.15, -0.1) is 0 Å². The molecule has 1 saturated heterocycles. The minimum absolute atomic E-state index is 0.0909. The van der Waals surface area contributed by atoms with Crippen LogP contribution in [0, 0.1) is 0 Å². The lowest BCUT2D eigenvalue weighted by atomic mass is 9.81. The zero-order valence-electron chi connectivity index (χ0n) is 32.2. The summed E-state index contributed by atoms with van der Waals surface area (Å²) in [6, 6.07) is 11.9. The van der Waals surface area contributed by atoms with Gasteiger partial charge in [-0.05, 0) is 105 Å². The van der Waals surface area contributed by atoms with Gasteiger partial charge < -0.3 is 23.7 Å². The first-order chi connectivity index (χ1) is 26.6. The SMILES string of the molecule is COCC1CN(C(=O)c2cnn(C3CCC3)c2C2=Cc3cc(OC)ccc3-c3c(C4CCCCC4)c4ccc(C(=O)NS(=O)(=O)C(C)C)cc4n3C2)CCO1. The van der Waals surface area contributed by atoms with Gasteiger partial charge in [-0.25, -0.2) is 13.1 Å². The Morgan fingerprint density at radius 3 is 2.51 bits per heavy atom. The van der Waals surface area contributed by atoms with Crippen LogP contribution in [0.5, 0.6) is 5.75 Å². The molecule has 0 bridgehead atoms. The number of amides is 2. The lowest BCUT2D eigenvalue weighted by Gasteiger charge is -2.33. The van der Waals surface area contributed by atoms with E-state index in [0.29, 0.717) is 44.3 Å². The Kier molecular flexibility index (Phi) is 10.4. The fourth-order valence-electron chi connectivity index (χ4n) is 8.74. The quantitative estimate of drug-likeness (QED) is 0.186. The van der Waals surface area contributed by atoms with Gasteiger partial charge in [0.2, 0.25) is 10.0 Å². The summed E-state index contributed by atoms with van der Waals surface area (Å²) in [5.41, 5.74) is 7.72. The largest absolute Gasteiger partial charge is 0.497 e. The molecule has 2 aliphatic carbocycles. The van der Waals surface area contributed by atoms with Crippen LogP contribution in [0.3, 0.4) is 0 Å². The number of carbonyl (C=O) groups excluding carboxylic acids is 2. The summed E-state index contributed by atoms with van der Waals surface area (Å²) >= 11 is 0. The van der Waals surface area contributed by atoms with Crippen LogP contribution in [0.15, 0.2) is 42.6 Å². The molecule has 3 fully saturated rings. The number of hydrogen-bond donors (Lipinski definition) is 1. The molecule has 1 unspecified atom stereocenters. The van der Waals surface area contributed by atoms with E-state index in [0.717, 1.165) is 89.7 Å². The molecule has 12 nitrogen and oxygen atoms in total. The lowest BCUT2D eigenvalue weighted by Crippen LogP contribution is -2.47. The second kappa shape index (κ2) is 15.2. The van der Waals surface area contributed by atoms with Crippen LogP contribution in [-0.4, -0.2) is 91.4 Å². The normalized spacial score (nSPS) is 19.4. The predicted molar refractivity (Wildman–Crippen MR) is 212 cm³/mol. The van der Waals surface area contributed by atoms with Gasteiger partial charge in [0.25, 0.3) is 11.8 Å². The molecular weight excluding hydrogens is 719 g/mol. The molecule has 4 aromatic rings. The van der Waals surface area contributed by atoms with Gasteiger partial charge in [0.1, 0.15) is 5.75 Å². The van der Waals surface area contributed by atoms with Crippen LogP contribution >= 0.6 is 0 Å². The molecule has 55 heavy (non-hydrogen) atoms. The van der Waals surface area contributed by atoms with E-state index in [2.05, 4.69) is 32.2 Å². The Labute approximate surface area is 322 Å². The summed E-state index contributed by atoms with van der Waals surface area (Å²) < 4.78 is 49.2. The van der Waals surface area contributed by atoms with Crippen molar-refractivity contribution in [1.29, 1.82) is 0 Å². The van der Waals surface area contributed by atoms with Crippen molar-refractivity contribution < 1.29 is 32.2 Å². The average Bonchev–Trinajstić information content (AvgIpc) is 3.67. The Bertz CT molecular complexity index is 2260. The van der Waals surface area contributed by atoms with Gasteiger partial charge in [-0.3, -0.25) is 14.3 Å². The minimum Gasteiger partial charge on any atom is -0.497 e. The molecule has 0 spiro atoms. The molecule has 2 aromatic heterocycles. The number of hydrogen-bond acceptors (Lipinski definition) is 8. The molecule has 8 rings (SSSR count). The zero-order chi connectivity index (χ0) is 38.4. The van der Waals surface area contributed by atoms with E-state index < -0.39 is 21.2 Å². The Morgan fingerprint density at radius 1 is 1.00 bits per heavy atom. The molecule has 2 aromatic carbocycles. The van der Waals surface area contributed by atoms with Crippen molar-refractivity contribution in [2.45, 2.75) is 95.1 Å². The van der Waals surface area contributed by atoms with Gasteiger partial charge in [-0.2, -0.15) is 5.10 Å². The van der Waals surface area contributed by atoms with Crippen LogP contribution in [-0.2, 0) is 26.0 Å². The monoisotopic (exact) mass is 769 g/mol. The number of methoxy groups -OCH3 is 2. The fourth-order valence-corrected chi connectivity index (χ4v) is 9.35. The number of allylic oxidation sites excluding steroid dienone is 1. The highest BCUT2D eigenvalue weighted by Gasteiger charge is 2.35. The molecule has 0 radical (unpaired) electrons. The first-order valence-corrected chi connectivity index (χ1v) is 21.2. The summed E-state index contributed by atoms with van der Waals surface area (Å²) in [5.74, 6) is 0.286. The molecule has 1 atom stereocenters. The third kappa shape index (κ3) is 6.99. The summed E-state index contributed by atoms with van der Waals surface area (Å²) in [6.45, 7) is 5.23. The third-order valence-electron chi connectivity index (χ3n) is 11.9. The van der Waals surface area contributed by atoms with Crippen LogP contribution in [0.4, 0.5) is 0 Å². The topological polar surface area (TPSA) is 134 Å². The van der Waals surface area contributed by atoms with Crippen LogP contribution in [0.2, 0.25) is 0 Å². The third-order valence-corrected chi connectivity index (χ3v) is 13.6. The highest BCUT2D eigenvalue weighted by molar-refractivity contribution is 7.90. The van der Waals surface area contributed by atoms with E-state index >= 15 is 0 Å². The number of fused-ring (bicyclic) bond motifs is 5. The zero-order valence-corrected chi connectivity index (χ0v) is 33.0. The van der Waals surface area contributed by atoms with E-state index in [1.54, 1.807) is 40.3 Å². The van der Waals surface area contributed by atoms with Crippen molar-refractivity contribution >= 4 is 44.4 Å². The molecule has 2 amide bonds. The minimum atomic E-state index is -3.85. The summed E-state index contributed by atoms with van der Waals surface area (Å²) in [6.07, 6.45) is 12.4. The van der Waals surface area contributed by atoms with Gasteiger partial charge in [0.05, 0.1) is 67.4 Å². The smallest absolute Gasteiger partial charge is 0.264 e. The van der Waals surface area contributed by atoms with Gasteiger partial charge in [0, 0.05) is 42.2 Å². The molecule has 2 aliphatic heterocycles. The van der Waals surface area contributed by atoms with Crippen molar-refractivity contribution in [3.05, 3.63) is 70.5 Å². The van der Waals surface area contributed by atoms with Crippen LogP contribution in [0.25, 0.3) is 33.8 Å². The molecule has 4 heterocycles. The summed E-state index contributed by atoms with van der Waals surface area (Å²) in [5, 5.41) is 5.21. The van der Waals surface area contributed by atoms with E-state index in [1.165, 1.54) is 12.0 Å². The van der Waals surface area contributed by atoms with Gasteiger partial charge >= 0.3 is 0 Å². The summed E-state index contributed by atoms with van der Waals surface area (Å²) in [4.78, 5) is 30.0. The number of carbonyl (C=O) groups is 2. The molecule has 292 valence electrons. The molecule has 4 aliphatic rings. The van der Waals surface area contributed by atoms with E-state index in [9.17, 15) is 18.0 Å². The number of benzene rings is 2. The van der Waals surface area contributed by atoms with E-state index in [-0.39, 0.29) is 23.6 Å². The van der Waals surface area contributed by atoms with Crippen molar-refractivity contribution in [2.75, 3.05) is 40.5 Å². The maximum absolute atomic E-state index is 14.6. The molecular formula is C42H51N5O7S. The maximum Gasteiger partial charge on any atom is 0.264 e. The highest BCUT2D eigenvalue weighted by atomic mass is 32.2. The van der Waals surface area contributed by atoms with E-state index in [1.807, 2.05) is 23.1 Å². The Hall–Kier alpha value is -4.46. The number of ether oxygens (including phenoxy) is 3. The van der Waals surface area contributed by atoms with Crippen molar-refractivity contribution in [1.82, 2.24) is 24.0 Å². The van der Waals surface area contributed by atoms with Crippen molar-refractivity contribution in [2.24, 2.45) is 0 Å². The predicted octanol–water partition coefficient (Wildman–Crippen LogP) is 6.80. The number of nitrogens with zero attached hydrogens (tertiary/aromatic N) is 4.